The van der Waals surface area contributed by atoms with Gasteiger partial charge in [-0.25, -0.2) is 0 Å². The predicted octanol–water partition coefficient (Wildman–Crippen LogP) is 0.186. The first-order chi connectivity index (χ1) is 5.38. The summed E-state index contributed by atoms with van der Waals surface area (Å²) in [5.41, 5.74) is -0.0680. The highest BCUT2D eigenvalue weighted by molar-refractivity contribution is 7.85. The quantitative estimate of drug-likeness (QED) is 0.584. The standard InChI is InChI=1S/C8H18NO2S/c1-7-11-8(6-12(7)10)5-9(2,3)4/h7-8H,5-6H2,1-4H3/q+1/t7-,8-,12-/m1/s1. The molecule has 72 valence electrons. The summed E-state index contributed by atoms with van der Waals surface area (Å²) >= 11 is 0. The molecule has 0 radical (unpaired) electrons. The molecule has 3 atom stereocenters. The van der Waals surface area contributed by atoms with Crippen molar-refractivity contribution < 1.29 is 13.4 Å². The van der Waals surface area contributed by atoms with E-state index in [-0.39, 0.29) is 11.5 Å². The number of ether oxygens (including phenoxy) is 1. The Morgan fingerprint density at radius 1 is 1.50 bits per heavy atom. The van der Waals surface area contributed by atoms with E-state index in [2.05, 4.69) is 21.1 Å². The van der Waals surface area contributed by atoms with Gasteiger partial charge in [-0.1, -0.05) is 0 Å². The summed E-state index contributed by atoms with van der Waals surface area (Å²) in [6, 6.07) is 0. The maximum Gasteiger partial charge on any atom is 0.130 e. The minimum atomic E-state index is -0.765. The smallest absolute Gasteiger partial charge is 0.130 e. The highest BCUT2D eigenvalue weighted by atomic mass is 32.2. The zero-order valence-electron chi connectivity index (χ0n) is 8.24. The maximum atomic E-state index is 11.2. The second-order valence-electron chi connectivity index (χ2n) is 4.35. The van der Waals surface area contributed by atoms with Crippen LogP contribution in [-0.2, 0) is 15.5 Å². The van der Waals surface area contributed by atoms with Crippen LogP contribution in [0.4, 0.5) is 0 Å². The predicted molar refractivity (Wildman–Crippen MR) is 50.2 cm³/mol. The number of hydrogen-bond donors (Lipinski definition) is 0. The first kappa shape index (κ1) is 10.2. The fourth-order valence-corrected chi connectivity index (χ4v) is 2.50. The van der Waals surface area contributed by atoms with Gasteiger partial charge in [-0.2, -0.15) is 0 Å². The van der Waals surface area contributed by atoms with Gasteiger partial charge in [0.05, 0.1) is 37.7 Å². The largest absolute Gasteiger partial charge is 0.355 e. The van der Waals surface area contributed by atoms with Crippen LogP contribution in [0.15, 0.2) is 0 Å². The molecule has 0 aromatic carbocycles. The van der Waals surface area contributed by atoms with Crippen LogP contribution in [0.3, 0.4) is 0 Å². The van der Waals surface area contributed by atoms with Gasteiger partial charge in [-0.3, -0.25) is 4.21 Å². The third-order valence-electron chi connectivity index (χ3n) is 1.86. The lowest BCUT2D eigenvalue weighted by molar-refractivity contribution is -0.873. The van der Waals surface area contributed by atoms with Crippen molar-refractivity contribution in [3.63, 3.8) is 0 Å². The lowest BCUT2D eigenvalue weighted by atomic mass is 10.3. The number of rotatable bonds is 2. The Balaban J connectivity index is 2.43. The van der Waals surface area contributed by atoms with Crippen LogP contribution in [0, 0.1) is 0 Å². The molecular weight excluding hydrogens is 174 g/mol. The Morgan fingerprint density at radius 3 is 2.42 bits per heavy atom. The third-order valence-corrected chi connectivity index (χ3v) is 3.41. The van der Waals surface area contributed by atoms with Crippen LogP contribution < -0.4 is 0 Å². The molecule has 1 rings (SSSR count). The van der Waals surface area contributed by atoms with E-state index in [9.17, 15) is 4.21 Å². The van der Waals surface area contributed by atoms with E-state index in [0.717, 1.165) is 11.0 Å². The maximum absolute atomic E-state index is 11.2. The van der Waals surface area contributed by atoms with Gasteiger partial charge in [0.2, 0.25) is 0 Å². The van der Waals surface area contributed by atoms with Gasteiger partial charge in [0.1, 0.15) is 18.1 Å². The molecule has 0 spiro atoms. The van der Waals surface area contributed by atoms with Crippen LogP contribution in [0.2, 0.25) is 0 Å². The van der Waals surface area contributed by atoms with Gasteiger partial charge in [0, 0.05) is 0 Å². The lowest BCUT2D eigenvalue weighted by Gasteiger charge is -2.26. The zero-order valence-corrected chi connectivity index (χ0v) is 9.06. The van der Waals surface area contributed by atoms with Crippen molar-refractivity contribution in [1.29, 1.82) is 0 Å². The Hall–Kier alpha value is 0.0700. The lowest BCUT2D eigenvalue weighted by Crippen LogP contribution is -2.42. The minimum absolute atomic E-state index is 0.0680. The molecule has 1 aliphatic rings. The summed E-state index contributed by atoms with van der Waals surface area (Å²) in [4.78, 5) is 0. The summed E-state index contributed by atoms with van der Waals surface area (Å²) in [7, 11) is 5.60. The van der Waals surface area contributed by atoms with Crippen molar-refractivity contribution in [2.45, 2.75) is 18.5 Å². The highest BCUT2D eigenvalue weighted by Crippen LogP contribution is 2.16. The van der Waals surface area contributed by atoms with Crippen LogP contribution in [0.25, 0.3) is 0 Å². The Labute approximate surface area is 76.7 Å². The average molecular weight is 192 g/mol. The highest BCUT2D eigenvalue weighted by Gasteiger charge is 2.32. The Bertz CT molecular complexity index is 188. The molecule has 1 saturated heterocycles. The molecule has 0 aromatic rings. The fourth-order valence-electron chi connectivity index (χ4n) is 1.40. The molecule has 1 heterocycles. The fraction of sp³-hybridized carbons (Fsp3) is 1.00. The summed E-state index contributed by atoms with van der Waals surface area (Å²) < 4.78 is 17.7. The number of hydrogen-bond acceptors (Lipinski definition) is 2. The van der Waals surface area contributed by atoms with E-state index < -0.39 is 10.8 Å². The van der Waals surface area contributed by atoms with Gasteiger partial charge in [-0.05, 0) is 6.92 Å². The Morgan fingerprint density at radius 2 is 2.08 bits per heavy atom. The molecule has 0 aliphatic carbocycles. The molecule has 12 heavy (non-hydrogen) atoms. The minimum Gasteiger partial charge on any atom is -0.355 e. The van der Waals surface area contributed by atoms with Crippen LogP contribution in [0.5, 0.6) is 0 Å². The summed E-state index contributed by atoms with van der Waals surface area (Å²) in [6.07, 6.45) is 0.181. The van der Waals surface area contributed by atoms with Crippen molar-refractivity contribution in [1.82, 2.24) is 0 Å². The van der Waals surface area contributed by atoms with E-state index >= 15 is 0 Å². The van der Waals surface area contributed by atoms with Crippen molar-refractivity contribution in [2.24, 2.45) is 0 Å². The second kappa shape index (κ2) is 3.44. The number of nitrogens with zero attached hydrogens (tertiary/aromatic N) is 1. The number of likely N-dealkylation sites (N-methyl/N-ethyl adjacent to an activating group) is 1. The Kier molecular flexibility index (Phi) is 2.91. The molecule has 0 unspecified atom stereocenters. The average Bonchev–Trinajstić information content (AvgIpc) is 2.07. The molecule has 1 aliphatic heterocycles. The third kappa shape index (κ3) is 2.84. The molecule has 0 bridgehead atoms. The number of quaternary nitrogens is 1. The molecule has 0 N–H and O–H groups in total. The summed E-state index contributed by atoms with van der Waals surface area (Å²) in [5.74, 6) is 0.705. The van der Waals surface area contributed by atoms with E-state index in [1.54, 1.807) is 0 Å². The molecular formula is C8H18NO2S+. The zero-order chi connectivity index (χ0) is 9.35. The van der Waals surface area contributed by atoms with Crippen molar-refractivity contribution in [2.75, 3.05) is 33.4 Å². The van der Waals surface area contributed by atoms with Gasteiger partial charge in [-0.15, -0.1) is 0 Å². The van der Waals surface area contributed by atoms with E-state index in [4.69, 9.17) is 4.74 Å². The first-order valence-corrected chi connectivity index (χ1v) is 5.60. The molecule has 0 aromatic heterocycles. The van der Waals surface area contributed by atoms with Crippen LogP contribution in [-0.4, -0.2) is 53.7 Å². The summed E-state index contributed by atoms with van der Waals surface area (Å²) in [6.45, 7) is 2.82. The van der Waals surface area contributed by atoms with Crippen molar-refractivity contribution >= 4 is 10.8 Å². The topological polar surface area (TPSA) is 26.3 Å². The van der Waals surface area contributed by atoms with Crippen molar-refractivity contribution in [3.05, 3.63) is 0 Å². The van der Waals surface area contributed by atoms with Crippen LogP contribution >= 0.6 is 0 Å². The monoisotopic (exact) mass is 192 g/mol. The molecule has 3 nitrogen and oxygen atoms in total. The van der Waals surface area contributed by atoms with E-state index in [1.165, 1.54) is 0 Å². The van der Waals surface area contributed by atoms with Crippen molar-refractivity contribution in [3.8, 4) is 0 Å². The molecule has 0 saturated carbocycles. The van der Waals surface area contributed by atoms with Gasteiger partial charge in [0.15, 0.2) is 0 Å². The normalized spacial score (nSPS) is 37.2. The summed E-state index contributed by atoms with van der Waals surface area (Å²) in [5, 5.41) is 0. The molecule has 0 amide bonds. The van der Waals surface area contributed by atoms with Crippen LogP contribution in [0.1, 0.15) is 6.92 Å². The van der Waals surface area contributed by atoms with Gasteiger partial charge >= 0.3 is 0 Å². The van der Waals surface area contributed by atoms with E-state index in [0.29, 0.717) is 5.75 Å². The molecule has 4 heteroatoms. The van der Waals surface area contributed by atoms with E-state index in [1.807, 2.05) is 6.92 Å². The SMILES string of the molecule is C[C@@H]1O[C@H](C[N+](C)(C)C)C[S@]1=O. The molecule has 1 fully saturated rings. The first-order valence-electron chi connectivity index (χ1n) is 4.21. The van der Waals surface area contributed by atoms with Gasteiger partial charge in [0.25, 0.3) is 0 Å². The second-order valence-corrected chi connectivity index (χ2v) is 6.10. The van der Waals surface area contributed by atoms with Gasteiger partial charge < -0.3 is 9.22 Å².